The molecule has 0 unspecified atom stereocenters. The van der Waals surface area contributed by atoms with Crippen LogP contribution in [0.15, 0.2) is 35.1 Å². The Morgan fingerprint density at radius 2 is 2.16 bits per heavy atom. The molecule has 1 amide bonds. The van der Waals surface area contributed by atoms with Gasteiger partial charge >= 0.3 is 0 Å². The van der Waals surface area contributed by atoms with Crippen LogP contribution < -0.4 is 16.1 Å². The van der Waals surface area contributed by atoms with Crippen molar-refractivity contribution in [2.45, 2.75) is 25.8 Å². The number of carbonyl (C=O) groups excluding carboxylic acids is 1. The number of benzene rings is 1. The average Bonchev–Trinajstić information content (AvgIpc) is 2.57. The summed E-state index contributed by atoms with van der Waals surface area (Å²) in [4.78, 5) is 24.6. The largest absolute Gasteiger partial charge is 0.347 e. The number of nitrogens with one attached hydrogen (secondary N) is 2. The number of aryl methyl sites for hydroxylation is 1. The molecule has 0 spiro atoms. The first-order valence-electron chi connectivity index (χ1n) is 7.94. The highest BCUT2D eigenvalue weighted by Gasteiger charge is 2.21. The van der Waals surface area contributed by atoms with Gasteiger partial charge in [0.2, 0.25) is 5.43 Å². The fourth-order valence-corrected chi connectivity index (χ4v) is 2.80. The Bertz CT molecular complexity index is 819. The molecule has 1 aliphatic heterocycles. The van der Waals surface area contributed by atoms with Gasteiger partial charge in [-0.05, 0) is 38.4 Å². The molecular weight excluding hydrogens is 347 g/mol. The molecule has 1 aromatic heterocycles. The van der Waals surface area contributed by atoms with Crippen molar-refractivity contribution in [3.8, 4) is 5.69 Å². The standard InChI is InChI=1S/C17H19FN4O2.ClH/c1-11-9-15(23)16(17(24)20-12-5-4-8-19-10-12)21-22(11)14-7-3-2-6-13(14)18;/h2-3,6-7,9,12,19H,4-5,8,10H2,1H3,(H,20,24);1H/t12-;/m0./s1. The highest BCUT2D eigenvalue weighted by Crippen LogP contribution is 2.13. The van der Waals surface area contributed by atoms with Crippen LogP contribution in [0.25, 0.3) is 5.69 Å². The first-order valence-corrected chi connectivity index (χ1v) is 7.94. The number of carbonyl (C=O) groups is 1. The molecule has 8 heteroatoms. The van der Waals surface area contributed by atoms with E-state index in [9.17, 15) is 14.0 Å². The van der Waals surface area contributed by atoms with Crippen molar-refractivity contribution in [2.24, 2.45) is 0 Å². The lowest BCUT2D eigenvalue weighted by atomic mass is 10.1. The molecule has 2 heterocycles. The maximum atomic E-state index is 14.0. The molecule has 1 aliphatic rings. The molecular formula is C17H20ClFN4O2. The minimum Gasteiger partial charge on any atom is -0.347 e. The molecule has 6 nitrogen and oxygen atoms in total. The number of aromatic nitrogens is 2. The number of halogens is 2. The number of para-hydroxylation sites is 1. The number of piperidine rings is 1. The predicted molar refractivity (Wildman–Crippen MR) is 95.1 cm³/mol. The summed E-state index contributed by atoms with van der Waals surface area (Å²) in [6.07, 6.45) is 1.82. The molecule has 1 aromatic carbocycles. The molecule has 134 valence electrons. The fraction of sp³-hybridized carbons (Fsp3) is 0.353. The van der Waals surface area contributed by atoms with Crippen LogP contribution in [0, 0.1) is 12.7 Å². The Kier molecular flexibility index (Phi) is 6.27. The quantitative estimate of drug-likeness (QED) is 0.864. The van der Waals surface area contributed by atoms with E-state index in [0.717, 1.165) is 19.4 Å². The Balaban J connectivity index is 0.00000225. The lowest BCUT2D eigenvalue weighted by Gasteiger charge is -2.23. The van der Waals surface area contributed by atoms with Gasteiger partial charge in [-0.3, -0.25) is 9.59 Å². The van der Waals surface area contributed by atoms with Crippen molar-refractivity contribution in [2.75, 3.05) is 13.1 Å². The highest BCUT2D eigenvalue weighted by molar-refractivity contribution is 5.92. The van der Waals surface area contributed by atoms with Crippen LogP contribution in [0.2, 0.25) is 0 Å². The predicted octanol–water partition coefficient (Wildman–Crippen LogP) is 1.58. The van der Waals surface area contributed by atoms with Crippen LogP contribution in [-0.2, 0) is 0 Å². The van der Waals surface area contributed by atoms with E-state index in [1.165, 1.54) is 16.8 Å². The summed E-state index contributed by atoms with van der Waals surface area (Å²) >= 11 is 0. The van der Waals surface area contributed by atoms with Crippen LogP contribution in [0.5, 0.6) is 0 Å². The fourth-order valence-electron chi connectivity index (χ4n) is 2.80. The van der Waals surface area contributed by atoms with Crippen LogP contribution in [-0.4, -0.2) is 34.8 Å². The molecule has 1 fully saturated rings. The molecule has 2 aromatic rings. The molecule has 0 saturated carbocycles. The van der Waals surface area contributed by atoms with Crippen LogP contribution >= 0.6 is 12.4 Å². The lowest BCUT2D eigenvalue weighted by molar-refractivity contribution is 0.0922. The minimum absolute atomic E-state index is 0. The summed E-state index contributed by atoms with van der Waals surface area (Å²) in [6, 6.07) is 7.36. The number of hydrogen-bond acceptors (Lipinski definition) is 4. The summed E-state index contributed by atoms with van der Waals surface area (Å²) < 4.78 is 15.3. The van der Waals surface area contributed by atoms with Gasteiger partial charge in [0.25, 0.3) is 5.91 Å². The van der Waals surface area contributed by atoms with E-state index in [-0.39, 0.29) is 29.8 Å². The van der Waals surface area contributed by atoms with Crippen molar-refractivity contribution in [1.29, 1.82) is 0 Å². The molecule has 1 atom stereocenters. The van der Waals surface area contributed by atoms with E-state index < -0.39 is 17.2 Å². The SMILES string of the molecule is Cc1cc(=O)c(C(=O)N[C@H]2CCCNC2)nn1-c1ccccc1F.Cl. The lowest BCUT2D eigenvalue weighted by Crippen LogP contribution is -2.47. The second kappa shape index (κ2) is 8.22. The zero-order valence-corrected chi connectivity index (χ0v) is 14.6. The van der Waals surface area contributed by atoms with Gasteiger partial charge < -0.3 is 10.6 Å². The Morgan fingerprint density at radius 3 is 2.84 bits per heavy atom. The van der Waals surface area contributed by atoms with Crippen molar-refractivity contribution in [1.82, 2.24) is 20.4 Å². The van der Waals surface area contributed by atoms with Gasteiger partial charge in [0, 0.05) is 24.3 Å². The first-order chi connectivity index (χ1) is 11.6. The van der Waals surface area contributed by atoms with Crippen LogP contribution in [0.3, 0.4) is 0 Å². The van der Waals surface area contributed by atoms with Gasteiger partial charge in [0.15, 0.2) is 5.69 Å². The van der Waals surface area contributed by atoms with Crippen molar-refractivity contribution in [3.63, 3.8) is 0 Å². The third kappa shape index (κ3) is 4.24. The van der Waals surface area contributed by atoms with Crippen LogP contribution in [0.1, 0.15) is 29.0 Å². The van der Waals surface area contributed by atoms with Gasteiger partial charge in [0.05, 0.1) is 0 Å². The van der Waals surface area contributed by atoms with E-state index in [0.29, 0.717) is 12.2 Å². The van der Waals surface area contributed by atoms with E-state index in [1.807, 2.05) is 0 Å². The van der Waals surface area contributed by atoms with Crippen molar-refractivity contribution >= 4 is 18.3 Å². The second-order valence-corrected chi connectivity index (χ2v) is 5.88. The van der Waals surface area contributed by atoms with E-state index in [4.69, 9.17) is 0 Å². The Labute approximate surface area is 150 Å². The third-order valence-corrected chi connectivity index (χ3v) is 4.04. The third-order valence-electron chi connectivity index (χ3n) is 4.04. The Morgan fingerprint density at radius 1 is 1.40 bits per heavy atom. The van der Waals surface area contributed by atoms with E-state index in [2.05, 4.69) is 15.7 Å². The van der Waals surface area contributed by atoms with E-state index >= 15 is 0 Å². The van der Waals surface area contributed by atoms with E-state index in [1.54, 1.807) is 25.1 Å². The average molecular weight is 367 g/mol. The maximum Gasteiger partial charge on any atom is 0.276 e. The molecule has 0 aliphatic carbocycles. The van der Waals surface area contributed by atoms with Crippen molar-refractivity contribution in [3.05, 3.63) is 57.8 Å². The molecule has 1 saturated heterocycles. The first kappa shape index (κ1) is 19.1. The number of hydrogen-bond donors (Lipinski definition) is 2. The zero-order valence-electron chi connectivity index (χ0n) is 13.8. The number of amides is 1. The van der Waals surface area contributed by atoms with Crippen LogP contribution in [0.4, 0.5) is 4.39 Å². The minimum atomic E-state index is -0.529. The summed E-state index contributed by atoms with van der Waals surface area (Å²) in [5.74, 6) is -1.00. The Hall–Kier alpha value is -2.25. The molecule has 0 radical (unpaired) electrons. The van der Waals surface area contributed by atoms with Gasteiger partial charge in [-0.2, -0.15) is 5.10 Å². The molecule has 2 N–H and O–H groups in total. The number of rotatable bonds is 3. The maximum absolute atomic E-state index is 14.0. The van der Waals surface area contributed by atoms with Gasteiger partial charge in [-0.1, -0.05) is 12.1 Å². The number of nitrogens with zero attached hydrogens (tertiary/aromatic N) is 2. The zero-order chi connectivity index (χ0) is 17.1. The second-order valence-electron chi connectivity index (χ2n) is 5.88. The molecule has 3 rings (SSSR count). The van der Waals surface area contributed by atoms with Gasteiger partial charge in [0.1, 0.15) is 11.5 Å². The highest BCUT2D eigenvalue weighted by atomic mass is 35.5. The summed E-state index contributed by atoms with van der Waals surface area (Å²) in [5, 5.41) is 10.1. The van der Waals surface area contributed by atoms with Gasteiger partial charge in [-0.15, -0.1) is 12.4 Å². The molecule has 0 bridgehead atoms. The normalized spacial score (nSPS) is 16.8. The summed E-state index contributed by atoms with van der Waals surface area (Å²) in [7, 11) is 0. The summed E-state index contributed by atoms with van der Waals surface area (Å²) in [6.45, 7) is 3.24. The monoisotopic (exact) mass is 366 g/mol. The summed E-state index contributed by atoms with van der Waals surface area (Å²) in [5.41, 5.74) is -0.0415. The smallest absolute Gasteiger partial charge is 0.276 e. The van der Waals surface area contributed by atoms with Crippen molar-refractivity contribution < 1.29 is 9.18 Å². The molecule has 25 heavy (non-hydrogen) atoms. The topological polar surface area (TPSA) is 76.0 Å². The van der Waals surface area contributed by atoms with Gasteiger partial charge in [-0.25, -0.2) is 9.07 Å².